The van der Waals surface area contributed by atoms with Gasteiger partial charge in [0.1, 0.15) is 16.5 Å². The number of rotatable bonds is 2. The first-order valence-corrected chi connectivity index (χ1v) is 7.53. The van der Waals surface area contributed by atoms with Crippen molar-refractivity contribution in [2.45, 2.75) is 6.42 Å². The van der Waals surface area contributed by atoms with Gasteiger partial charge in [-0.05, 0) is 29.8 Å². The molecule has 0 aliphatic heterocycles. The smallest absolute Gasteiger partial charge is 0.128 e. The van der Waals surface area contributed by atoms with Crippen LogP contribution in [0.3, 0.4) is 0 Å². The van der Waals surface area contributed by atoms with E-state index in [1.807, 2.05) is 30.3 Å². The van der Waals surface area contributed by atoms with Gasteiger partial charge in [0.15, 0.2) is 0 Å². The number of fused-ring (bicyclic) bond motifs is 3. The number of nitrogens with zero attached hydrogens (tertiary/aromatic N) is 1. The molecule has 0 bridgehead atoms. The lowest BCUT2D eigenvalue weighted by Gasteiger charge is -2.04. The topological polar surface area (TPSA) is 42.4 Å². The largest absolute Gasteiger partial charge is 0.507 e. The van der Waals surface area contributed by atoms with E-state index in [2.05, 4.69) is 6.07 Å². The monoisotopic (exact) mass is 295 g/mol. The van der Waals surface area contributed by atoms with E-state index >= 15 is 0 Å². The van der Waals surface area contributed by atoms with Crippen molar-refractivity contribution >= 4 is 11.3 Å². The van der Waals surface area contributed by atoms with Crippen LogP contribution in [-0.4, -0.2) is 17.2 Å². The van der Waals surface area contributed by atoms with Gasteiger partial charge in [0.2, 0.25) is 0 Å². The van der Waals surface area contributed by atoms with Crippen LogP contribution in [0.1, 0.15) is 10.4 Å². The van der Waals surface area contributed by atoms with Gasteiger partial charge < -0.3 is 9.84 Å². The summed E-state index contributed by atoms with van der Waals surface area (Å²) < 4.78 is 5.30. The Morgan fingerprint density at radius 1 is 1.14 bits per heavy atom. The van der Waals surface area contributed by atoms with Crippen LogP contribution < -0.4 is 4.74 Å². The number of aromatic nitrogens is 1. The van der Waals surface area contributed by atoms with Crippen molar-refractivity contribution in [1.29, 1.82) is 0 Å². The molecule has 0 radical (unpaired) electrons. The molecule has 1 aliphatic carbocycles. The molecule has 1 N–H and O–H groups in total. The molecule has 2 aromatic carbocycles. The zero-order valence-corrected chi connectivity index (χ0v) is 12.3. The molecule has 0 spiro atoms. The number of para-hydroxylation sites is 1. The van der Waals surface area contributed by atoms with Gasteiger partial charge in [0, 0.05) is 16.9 Å². The molecular formula is C17H13NO2S. The lowest BCUT2D eigenvalue weighted by atomic mass is 10.1. The Hall–Kier alpha value is -2.33. The maximum Gasteiger partial charge on any atom is 0.128 e. The molecule has 1 heterocycles. The van der Waals surface area contributed by atoms with Crippen LogP contribution in [0.25, 0.3) is 21.8 Å². The molecule has 104 valence electrons. The van der Waals surface area contributed by atoms with Crippen LogP contribution in [0, 0.1) is 0 Å². The van der Waals surface area contributed by atoms with Crippen LogP contribution in [0.4, 0.5) is 0 Å². The highest BCUT2D eigenvalue weighted by atomic mass is 32.1. The fraction of sp³-hybridized carbons (Fsp3) is 0.118. The highest BCUT2D eigenvalue weighted by Crippen LogP contribution is 2.44. The second-order valence-corrected chi connectivity index (χ2v) is 6.09. The molecule has 1 aliphatic rings. The van der Waals surface area contributed by atoms with Crippen molar-refractivity contribution in [3.63, 3.8) is 0 Å². The minimum absolute atomic E-state index is 0.274. The lowest BCUT2D eigenvalue weighted by Crippen LogP contribution is -1.86. The average Bonchev–Trinajstić information content (AvgIpc) is 3.04. The van der Waals surface area contributed by atoms with Crippen molar-refractivity contribution in [3.8, 4) is 33.3 Å². The third-order valence-electron chi connectivity index (χ3n) is 3.75. The Morgan fingerprint density at radius 3 is 2.81 bits per heavy atom. The van der Waals surface area contributed by atoms with Gasteiger partial charge in [-0.15, -0.1) is 11.3 Å². The SMILES string of the molecule is COc1ccc2c(c1)-c1nc(-c3ccccc3O)sc1C2. The standard InChI is InChI=1S/C17H13NO2S/c1-20-11-7-6-10-8-15-16(13(10)9-11)18-17(21-15)12-4-2-3-5-14(12)19/h2-7,9,19H,8H2,1H3. The van der Waals surface area contributed by atoms with Gasteiger partial charge in [-0.1, -0.05) is 18.2 Å². The molecule has 0 amide bonds. The summed E-state index contributed by atoms with van der Waals surface area (Å²) in [6, 6.07) is 13.4. The average molecular weight is 295 g/mol. The van der Waals surface area contributed by atoms with E-state index < -0.39 is 0 Å². The number of hydrogen-bond donors (Lipinski definition) is 1. The van der Waals surface area contributed by atoms with Crippen molar-refractivity contribution < 1.29 is 9.84 Å². The van der Waals surface area contributed by atoms with E-state index in [-0.39, 0.29) is 5.75 Å². The molecule has 0 saturated carbocycles. The molecule has 0 unspecified atom stereocenters. The van der Waals surface area contributed by atoms with Crippen molar-refractivity contribution in [1.82, 2.24) is 4.98 Å². The van der Waals surface area contributed by atoms with Crippen molar-refractivity contribution in [3.05, 3.63) is 52.9 Å². The summed E-state index contributed by atoms with van der Waals surface area (Å²) in [5, 5.41) is 10.8. The second-order valence-electron chi connectivity index (χ2n) is 5.01. The Labute approximate surface area is 126 Å². The number of phenols is 1. The summed E-state index contributed by atoms with van der Waals surface area (Å²) in [5.41, 5.74) is 4.24. The van der Waals surface area contributed by atoms with Gasteiger partial charge in [0.25, 0.3) is 0 Å². The summed E-state index contributed by atoms with van der Waals surface area (Å²) in [5.74, 6) is 1.12. The van der Waals surface area contributed by atoms with E-state index in [1.54, 1.807) is 24.5 Å². The van der Waals surface area contributed by atoms with E-state index in [9.17, 15) is 5.11 Å². The summed E-state index contributed by atoms with van der Waals surface area (Å²) in [7, 11) is 1.67. The minimum atomic E-state index is 0.274. The predicted molar refractivity (Wildman–Crippen MR) is 84.0 cm³/mol. The highest BCUT2D eigenvalue weighted by molar-refractivity contribution is 7.15. The molecule has 4 heteroatoms. The molecule has 4 rings (SSSR count). The molecule has 1 aromatic heterocycles. The Kier molecular flexibility index (Phi) is 2.72. The lowest BCUT2D eigenvalue weighted by molar-refractivity contribution is 0.415. The Balaban J connectivity index is 1.84. The van der Waals surface area contributed by atoms with Crippen LogP contribution >= 0.6 is 11.3 Å². The predicted octanol–water partition coefficient (Wildman–Crippen LogP) is 4.10. The van der Waals surface area contributed by atoms with E-state index in [0.29, 0.717) is 0 Å². The number of phenolic OH excluding ortho intramolecular Hbond substituents is 1. The van der Waals surface area contributed by atoms with E-state index in [4.69, 9.17) is 9.72 Å². The third-order valence-corrected chi connectivity index (χ3v) is 4.84. The Morgan fingerprint density at radius 2 is 2.00 bits per heavy atom. The minimum Gasteiger partial charge on any atom is -0.507 e. The summed E-state index contributed by atoms with van der Waals surface area (Å²) in [6.07, 6.45) is 0.903. The van der Waals surface area contributed by atoms with Gasteiger partial charge in [-0.2, -0.15) is 0 Å². The zero-order valence-electron chi connectivity index (χ0n) is 11.5. The van der Waals surface area contributed by atoms with Crippen molar-refractivity contribution in [2.24, 2.45) is 0 Å². The fourth-order valence-corrected chi connectivity index (χ4v) is 3.81. The van der Waals surface area contributed by atoms with Gasteiger partial charge in [-0.3, -0.25) is 0 Å². The van der Waals surface area contributed by atoms with Gasteiger partial charge in [0.05, 0.1) is 18.4 Å². The number of ether oxygens (including phenoxy) is 1. The summed E-state index contributed by atoms with van der Waals surface area (Å²) in [6.45, 7) is 0. The van der Waals surface area contributed by atoms with Crippen molar-refractivity contribution in [2.75, 3.05) is 7.11 Å². The number of benzene rings is 2. The second kappa shape index (κ2) is 4.60. The van der Waals surface area contributed by atoms with Crippen LogP contribution in [-0.2, 0) is 6.42 Å². The summed E-state index contributed by atoms with van der Waals surface area (Å²) in [4.78, 5) is 5.99. The first-order valence-electron chi connectivity index (χ1n) is 6.71. The first kappa shape index (κ1) is 12.4. The van der Waals surface area contributed by atoms with Crippen LogP contribution in [0.15, 0.2) is 42.5 Å². The highest BCUT2D eigenvalue weighted by Gasteiger charge is 2.24. The molecule has 0 atom stereocenters. The maximum atomic E-state index is 9.98. The molecular weight excluding hydrogens is 282 g/mol. The fourth-order valence-electron chi connectivity index (χ4n) is 2.68. The number of aromatic hydroxyl groups is 1. The third kappa shape index (κ3) is 1.91. The van der Waals surface area contributed by atoms with Gasteiger partial charge >= 0.3 is 0 Å². The van der Waals surface area contributed by atoms with Crippen LogP contribution in [0.2, 0.25) is 0 Å². The summed E-state index contributed by atoms with van der Waals surface area (Å²) >= 11 is 1.65. The quantitative estimate of drug-likeness (QED) is 0.605. The molecule has 0 saturated heterocycles. The van der Waals surface area contributed by atoms with Crippen LogP contribution in [0.5, 0.6) is 11.5 Å². The zero-order chi connectivity index (χ0) is 14.4. The maximum absolute atomic E-state index is 9.98. The number of hydrogen-bond acceptors (Lipinski definition) is 4. The molecule has 3 nitrogen and oxygen atoms in total. The molecule has 0 fully saturated rings. The number of methoxy groups -OCH3 is 1. The molecule has 21 heavy (non-hydrogen) atoms. The first-order chi connectivity index (χ1) is 10.3. The number of thiazole rings is 1. The van der Waals surface area contributed by atoms with Gasteiger partial charge in [-0.25, -0.2) is 4.98 Å². The van der Waals surface area contributed by atoms with E-state index in [0.717, 1.165) is 34.0 Å². The molecule has 3 aromatic rings. The Bertz CT molecular complexity index is 839. The normalized spacial score (nSPS) is 12.0. The van der Waals surface area contributed by atoms with E-state index in [1.165, 1.54) is 10.4 Å².